The van der Waals surface area contributed by atoms with E-state index in [1.165, 1.54) is 12.0 Å². The topological polar surface area (TPSA) is 47.9 Å². The minimum atomic E-state index is -0.603. The highest BCUT2D eigenvalue weighted by atomic mass is 79.9. The smallest absolute Gasteiger partial charge is 0.133 e. The fraction of sp³-hybridized carbons (Fsp3) is 0.478. The van der Waals surface area contributed by atoms with Crippen molar-refractivity contribution < 1.29 is 19.3 Å². The first-order chi connectivity index (χ1) is 13.9. The van der Waals surface area contributed by atoms with Crippen molar-refractivity contribution in [3.63, 3.8) is 0 Å². The Balaban J connectivity index is 0.000000166. The van der Waals surface area contributed by atoms with Crippen LogP contribution >= 0.6 is 31.9 Å². The van der Waals surface area contributed by atoms with E-state index in [0.29, 0.717) is 0 Å². The lowest BCUT2D eigenvalue weighted by atomic mass is 9.75. The lowest BCUT2D eigenvalue weighted by molar-refractivity contribution is -0.0779. The molecule has 2 saturated carbocycles. The highest BCUT2D eigenvalue weighted by Gasteiger charge is 2.39. The summed E-state index contributed by atoms with van der Waals surface area (Å²) >= 11 is 6.84. The van der Waals surface area contributed by atoms with Gasteiger partial charge in [0.1, 0.15) is 11.5 Å². The van der Waals surface area contributed by atoms with E-state index in [2.05, 4.69) is 44.0 Å². The Hall–Kier alpha value is -1.08. The zero-order valence-electron chi connectivity index (χ0n) is 17.1. The molecule has 0 spiro atoms. The van der Waals surface area contributed by atoms with Crippen molar-refractivity contribution in [1.82, 2.24) is 0 Å². The molecule has 4 nitrogen and oxygen atoms in total. The summed E-state index contributed by atoms with van der Waals surface area (Å²) in [6.45, 7) is 0. The predicted octanol–water partition coefficient (Wildman–Crippen LogP) is 6.31. The Kier molecular flexibility index (Phi) is 7.31. The summed E-state index contributed by atoms with van der Waals surface area (Å²) in [5, 5.41) is 10.1. The Morgan fingerprint density at radius 3 is 1.62 bits per heavy atom. The van der Waals surface area contributed by atoms with E-state index in [1.807, 2.05) is 24.3 Å². The Labute approximate surface area is 189 Å². The summed E-state index contributed by atoms with van der Waals surface area (Å²) < 4.78 is 18.0. The molecular formula is C23H28Br2O4. The number of ether oxygens (including phenoxy) is 3. The number of hydrogen-bond acceptors (Lipinski definition) is 4. The van der Waals surface area contributed by atoms with Gasteiger partial charge in [0.05, 0.1) is 34.4 Å². The largest absolute Gasteiger partial charge is 0.496 e. The van der Waals surface area contributed by atoms with Crippen LogP contribution in [-0.2, 0) is 15.9 Å². The first kappa shape index (κ1) is 22.6. The molecule has 0 radical (unpaired) electrons. The van der Waals surface area contributed by atoms with Gasteiger partial charge in [0.25, 0.3) is 0 Å². The van der Waals surface area contributed by atoms with Gasteiger partial charge in [-0.1, -0.05) is 12.1 Å². The molecule has 0 saturated heterocycles. The van der Waals surface area contributed by atoms with E-state index < -0.39 is 5.60 Å². The van der Waals surface area contributed by atoms with Crippen LogP contribution < -0.4 is 9.47 Å². The van der Waals surface area contributed by atoms with Gasteiger partial charge in [0.2, 0.25) is 0 Å². The second-order valence-electron chi connectivity index (χ2n) is 7.64. The third-order valence-corrected chi connectivity index (χ3v) is 7.41. The normalized spacial score (nSPS) is 18.6. The van der Waals surface area contributed by atoms with Crippen LogP contribution in [0.15, 0.2) is 45.3 Å². The third-order valence-electron chi connectivity index (χ3n) is 6.10. The molecule has 2 aromatic rings. The van der Waals surface area contributed by atoms with E-state index >= 15 is 0 Å². The van der Waals surface area contributed by atoms with Gasteiger partial charge >= 0.3 is 0 Å². The summed E-state index contributed by atoms with van der Waals surface area (Å²) in [6, 6.07) is 12.0. The van der Waals surface area contributed by atoms with Crippen molar-refractivity contribution in [2.45, 2.75) is 49.7 Å². The van der Waals surface area contributed by atoms with Crippen LogP contribution in [-0.4, -0.2) is 26.4 Å². The molecule has 4 rings (SSSR count). The SMILES string of the molecule is COc1cc(C2(O)CCC2)ccc1Br.COc1cc(C2(OC)CCC2)ccc1Br. The monoisotopic (exact) mass is 526 g/mol. The number of halogens is 2. The van der Waals surface area contributed by atoms with Gasteiger partial charge in [-0.15, -0.1) is 0 Å². The van der Waals surface area contributed by atoms with Crippen LogP contribution in [0.3, 0.4) is 0 Å². The molecule has 29 heavy (non-hydrogen) atoms. The third kappa shape index (κ3) is 4.66. The maximum atomic E-state index is 10.1. The van der Waals surface area contributed by atoms with Gasteiger partial charge in [0, 0.05) is 7.11 Å². The molecule has 0 amide bonds. The van der Waals surface area contributed by atoms with Gasteiger partial charge in [-0.3, -0.25) is 0 Å². The van der Waals surface area contributed by atoms with E-state index in [0.717, 1.165) is 58.1 Å². The molecule has 1 N–H and O–H groups in total. The van der Waals surface area contributed by atoms with E-state index in [9.17, 15) is 5.11 Å². The van der Waals surface area contributed by atoms with Crippen LogP contribution in [0.4, 0.5) is 0 Å². The zero-order valence-corrected chi connectivity index (χ0v) is 20.3. The molecule has 0 atom stereocenters. The maximum absolute atomic E-state index is 10.1. The van der Waals surface area contributed by atoms with Crippen molar-refractivity contribution in [3.8, 4) is 11.5 Å². The molecule has 6 heteroatoms. The molecule has 0 bridgehead atoms. The molecule has 0 heterocycles. The summed E-state index contributed by atoms with van der Waals surface area (Å²) in [7, 11) is 5.10. The summed E-state index contributed by atoms with van der Waals surface area (Å²) in [5.41, 5.74) is 1.52. The van der Waals surface area contributed by atoms with Crippen molar-refractivity contribution in [1.29, 1.82) is 0 Å². The Bertz CT molecular complexity index is 839. The number of aliphatic hydroxyl groups is 1. The van der Waals surface area contributed by atoms with Crippen molar-refractivity contribution >= 4 is 31.9 Å². The van der Waals surface area contributed by atoms with Crippen LogP contribution in [0.1, 0.15) is 49.7 Å². The van der Waals surface area contributed by atoms with Gasteiger partial charge in [-0.25, -0.2) is 0 Å². The second-order valence-corrected chi connectivity index (χ2v) is 9.34. The van der Waals surface area contributed by atoms with E-state index in [4.69, 9.17) is 14.2 Å². The Morgan fingerprint density at radius 1 is 0.759 bits per heavy atom. The number of methoxy groups -OCH3 is 3. The van der Waals surface area contributed by atoms with Gasteiger partial charge in [0.15, 0.2) is 0 Å². The first-order valence-corrected chi connectivity index (χ1v) is 11.4. The fourth-order valence-corrected chi connectivity index (χ4v) is 4.62. The quantitative estimate of drug-likeness (QED) is 0.494. The molecule has 2 aromatic carbocycles. The van der Waals surface area contributed by atoms with Gasteiger partial charge < -0.3 is 19.3 Å². The van der Waals surface area contributed by atoms with Crippen LogP contribution in [0.25, 0.3) is 0 Å². The minimum Gasteiger partial charge on any atom is -0.496 e. The maximum Gasteiger partial charge on any atom is 0.133 e. The van der Waals surface area contributed by atoms with Crippen LogP contribution in [0.2, 0.25) is 0 Å². The minimum absolute atomic E-state index is 0.0615. The molecule has 2 aliphatic rings. The van der Waals surface area contributed by atoms with Crippen molar-refractivity contribution in [2.75, 3.05) is 21.3 Å². The lowest BCUT2D eigenvalue weighted by Crippen LogP contribution is -2.35. The molecule has 0 unspecified atom stereocenters. The standard InChI is InChI=1S/C12H15BrO2.C11H13BrO2/c1-14-11-8-9(4-5-10(11)13)12(15-2)6-3-7-12;1-14-10-7-8(3-4-9(10)12)11(13)5-2-6-11/h4-5,8H,3,6-7H2,1-2H3;3-4,7,13H,2,5-6H2,1H3. The second kappa shape index (κ2) is 9.38. The molecule has 2 fully saturated rings. The van der Waals surface area contributed by atoms with Crippen molar-refractivity contribution in [2.24, 2.45) is 0 Å². The fourth-order valence-electron chi connectivity index (χ4n) is 3.80. The Morgan fingerprint density at radius 2 is 1.24 bits per heavy atom. The molecule has 0 aliphatic heterocycles. The van der Waals surface area contributed by atoms with Gasteiger partial charge in [-0.2, -0.15) is 0 Å². The van der Waals surface area contributed by atoms with Gasteiger partial charge in [-0.05, 0) is 106 Å². The molecule has 2 aliphatic carbocycles. The zero-order chi connectivity index (χ0) is 21.1. The summed E-state index contributed by atoms with van der Waals surface area (Å²) in [4.78, 5) is 0. The number of rotatable bonds is 5. The average Bonchev–Trinajstić information content (AvgIpc) is 2.68. The number of hydrogen-bond donors (Lipinski definition) is 1. The number of benzene rings is 2. The summed E-state index contributed by atoms with van der Waals surface area (Å²) in [5.74, 6) is 1.65. The van der Waals surface area contributed by atoms with E-state index in [-0.39, 0.29) is 5.60 Å². The first-order valence-electron chi connectivity index (χ1n) is 9.83. The van der Waals surface area contributed by atoms with Crippen molar-refractivity contribution in [3.05, 3.63) is 56.5 Å². The predicted molar refractivity (Wildman–Crippen MR) is 122 cm³/mol. The molecule has 158 valence electrons. The molecule has 0 aromatic heterocycles. The highest BCUT2D eigenvalue weighted by molar-refractivity contribution is 9.10. The lowest BCUT2D eigenvalue weighted by Gasteiger charge is -2.41. The van der Waals surface area contributed by atoms with E-state index in [1.54, 1.807) is 21.3 Å². The highest BCUT2D eigenvalue weighted by Crippen LogP contribution is 2.46. The van der Waals surface area contributed by atoms with Crippen LogP contribution in [0, 0.1) is 0 Å². The molecular weight excluding hydrogens is 500 g/mol. The van der Waals surface area contributed by atoms with Crippen LogP contribution in [0.5, 0.6) is 11.5 Å². The average molecular weight is 528 g/mol. The summed E-state index contributed by atoms with van der Waals surface area (Å²) in [6.07, 6.45) is 6.28.